The van der Waals surface area contributed by atoms with E-state index in [1.54, 1.807) is 0 Å². The molecule has 3 heteroatoms. The predicted molar refractivity (Wildman–Crippen MR) is 165 cm³/mol. The van der Waals surface area contributed by atoms with Crippen LogP contribution in [0.25, 0.3) is 67.1 Å². The molecule has 7 aromatic rings. The van der Waals surface area contributed by atoms with Crippen LogP contribution in [0.15, 0.2) is 152 Å². The van der Waals surface area contributed by atoms with E-state index >= 15 is 0 Å². The molecule has 0 aliphatic carbocycles. The normalized spacial score (nSPS) is 11.0. The minimum atomic E-state index is 0.686. The second kappa shape index (κ2) is 10.4. The number of aromatic nitrogens is 3. The highest BCUT2D eigenvalue weighted by molar-refractivity contribution is 5.85. The SMILES string of the molecule is c1ccc(-c2ccc(-c3cc(-c4ccccc4)nc(-c4cccc(-c5cc6ccccc6cn5)c4)n3)cc2)cc1. The molecule has 0 aliphatic rings. The average molecular weight is 512 g/mol. The Hall–Kier alpha value is -5.41. The van der Waals surface area contributed by atoms with Crippen molar-refractivity contribution in [3.8, 4) is 56.3 Å². The van der Waals surface area contributed by atoms with Crippen LogP contribution in [0.5, 0.6) is 0 Å². The lowest BCUT2D eigenvalue weighted by molar-refractivity contribution is 1.18. The Morgan fingerprint density at radius 2 is 0.850 bits per heavy atom. The zero-order chi connectivity index (χ0) is 26.7. The van der Waals surface area contributed by atoms with Crippen molar-refractivity contribution in [2.45, 2.75) is 0 Å². The minimum Gasteiger partial charge on any atom is -0.256 e. The van der Waals surface area contributed by atoms with Gasteiger partial charge in [0, 0.05) is 33.8 Å². The number of benzene rings is 5. The molecule has 2 aromatic heterocycles. The van der Waals surface area contributed by atoms with Gasteiger partial charge in [-0.2, -0.15) is 0 Å². The summed E-state index contributed by atoms with van der Waals surface area (Å²) in [5.74, 6) is 0.686. The zero-order valence-electron chi connectivity index (χ0n) is 21.8. The summed E-state index contributed by atoms with van der Waals surface area (Å²) in [6.07, 6.45) is 1.93. The first-order valence-corrected chi connectivity index (χ1v) is 13.4. The van der Waals surface area contributed by atoms with Gasteiger partial charge in [-0.05, 0) is 34.7 Å². The van der Waals surface area contributed by atoms with Crippen LogP contribution in [-0.2, 0) is 0 Å². The van der Waals surface area contributed by atoms with Gasteiger partial charge in [-0.25, -0.2) is 9.97 Å². The smallest absolute Gasteiger partial charge is 0.160 e. The highest BCUT2D eigenvalue weighted by Gasteiger charge is 2.12. The second-order valence-electron chi connectivity index (χ2n) is 9.77. The quantitative estimate of drug-likeness (QED) is 0.231. The summed E-state index contributed by atoms with van der Waals surface area (Å²) in [4.78, 5) is 14.8. The van der Waals surface area contributed by atoms with E-state index in [1.807, 2.05) is 36.5 Å². The Balaban J connectivity index is 1.32. The molecule has 0 saturated carbocycles. The van der Waals surface area contributed by atoms with E-state index in [4.69, 9.17) is 15.0 Å². The fourth-order valence-corrected chi connectivity index (χ4v) is 5.00. The Morgan fingerprint density at radius 1 is 0.325 bits per heavy atom. The molecule has 3 nitrogen and oxygen atoms in total. The molecule has 0 unspecified atom stereocenters. The van der Waals surface area contributed by atoms with Gasteiger partial charge in [0.15, 0.2) is 5.82 Å². The van der Waals surface area contributed by atoms with Gasteiger partial charge >= 0.3 is 0 Å². The summed E-state index contributed by atoms with van der Waals surface area (Å²) >= 11 is 0. The maximum absolute atomic E-state index is 5.06. The number of pyridine rings is 1. The number of hydrogen-bond acceptors (Lipinski definition) is 3. The van der Waals surface area contributed by atoms with Crippen molar-refractivity contribution < 1.29 is 0 Å². The van der Waals surface area contributed by atoms with E-state index in [1.165, 1.54) is 16.5 Å². The molecule has 5 aromatic carbocycles. The molecule has 0 radical (unpaired) electrons. The largest absolute Gasteiger partial charge is 0.256 e. The molecule has 0 amide bonds. The molecule has 0 saturated heterocycles. The Morgan fingerprint density at radius 3 is 1.57 bits per heavy atom. The summed E-state index contributed by atoms with van der Waals surface area (Å²) in [5, 5.41) is 2.30. The fourth-order valence-electron chi connectivity index (χ4n) is 5.00. The minimum absolute atomic E-state index is 0.686. The maximum Gasteiger partial charge on any atom is 0.160 e. The number of fused-ring (bicyclic) bond motifs is 1. The van der Waals surface area contributed by atoms with E-state index in [-0.39, 0.29) is 0 Å². The molecule has 0 aliphatic heterocycles. The van der Waals surface area contributed by atoms with Crippen molar-refractivity contribution in [3.05, 3.63) is 152 Å². The van der Waals surface area contributed by atoms with Crippen LogP contribution < -0.4 is 0 Å². The number of nitrogens with zero attached hydrogens (tertiary/aromatic N) is 3. The molecule has 40 heavy (non-hydrogen) atoms. The van der Waals surface area contributed by atoms with Crippen LogP contribution in [0, 0.1) is 0 Å². The van der Waals surface area contributed by atoms with Crippen LogP contribution >= 0.6 is 0 Å². The highest BCUT2D eigenvalue weighted by Crippen LogP contribution is 2.31. The summed E-state index contributed by atoms with van der Waals surface area (Å²) in [7, 11) is 0. The van der Waals surface area contributed by atoms with Gasteiger partial charge in [-0.1, -0.05) is 127 Å². The topological polar surface area (TPSA) is 38.7 Å². The summed E-state index contributed by atoms with van der Waals surface area (Å²) in [6, 6.07) is 50.1. The van der Waals surface area contributed by atoms with Crippen molar-refractivity contribution in [1.82, 2.24) is 15.0 Å². The molecule has 188 valence electrons. The van der Waals surface area contributed by atoms with Crippen LogP contribution in [-0.4, -0.2) is 15.0 Å². The third-order valence-corrected chi connectivity index (χ3v) is 7.13. The first-order chi connectivity index (χ1) is 19.8. The van der Waals surface area contributed by atoms with Gasteiger partial charge in [-0.15, -0.1) is 0 Å². The molecular formula is C37H25N3. The summed E-state index contributed by atoms with van der Waals surface area (Å²) < 4.78 is 0. The van der Waals surface area contributed by atoms with Gasteiger partial charge in [0.2, 0.25) is 0 Å². The van der Waals surface area contributed by atoms with Gasteiger partial charge in [0.05, 0.1) is 17.1 Å². The lowest BCUT2D eigenvalue weighted by Gasteiger charge is -2.11. The van der Waals surface area contributed by atoms with Gasteiger partial charge < -0.3 is 0 Å². The van der Waals surface area contributed by atoms with Crippen LogP contribution in [0.3, 0.4) is 0 Å². The number of rotatable bonds is 5. The van der Waals surface area contributed by atoms with E-state index in [0.717, 1.165) is 44.7 Å². The van der Waals surface area contributed by atoms with E-state index in [9.17, 15) is 0 Å². The van der Waals surface area contributed by atoms with E-state index in [2.05, 4.69) is 115 Å². The predicted octanol–water partition coefficient (Wildman–Crippen LogP) is 9.36. The molecule has 2 heterocycles. The first-order valence-electron chi connectivity index (χ1n) is 13.4. The van der Waals surface area contributed by atoms with Crippen LogP contribution in [0.2, 0.25) is 0 Å². The van der Waals surface area contributed by atoms with Gasteiger partial charge in [-0.3, -0.25) is 4.98 Å². The molecule has 0 fully saturated rings. The van der Waals surface area contributed by atoms with Crippen molar-refractivity contribution >= 4 is 10.8 Å². The van der Waals surface area contributed by atoms with Crippen molar-refractivity contribution in [2.75, 3.05) is 0 Å². The van der Waals surface area contributed by atoms with Crippen molar-refractivity contribution in [3.63, 3.8) is 0 Å². The van der Waals surface area contributed by atoms with Crippen LogP contribution in [0.1, 0.15) is 0 Å². The lowest BCUT2D eigenvalue weighted by atomic mass is 10.0. The summed E-state index contributed by atoms with van der Waals surface area (Å²) in [5.41, 5.74) is 9.17. The zero-order valence-corrected chi connectivity index (χ0v) is 21.8. The van der Waals surface area contributed by atoms with E-state index in [0.29, 0.717) is 5.82 Å². The van der Waals surface area contributed by atoms with Gasteiger partial charge in [0.25, 0.3) is 0 Å². The van der Waals surface area contributed by atoms with Gasteiger partial charge in [0.1, 0.15) is 0 Å². The first kappa shape index (κ1) is 23.7. The Bertz CT molecular complexity index is 1930. The molecular weight excluding hydrogens is 486 g/mol. The van der Waals surface area contributed by atoms with Crippen molar-refractivity contribution in [2.24, 2.45) is 0 Å². The van der Waals surface area contributed by atoms with E-state index < -0.39 is 0 Å². The lowest BCUT2D eigenvalue weighted by Crippen LogP contribution is -1.96. The summed E-state index contributed by atoms with van der Waals surface area (Å²) in [6.45, 7) is 0. The molecule has 0 N–H and O–H groups in total. The van der Waals surface area contributed by atoms with Crippen molar-refractivity contribution in [1.29, 1.82) is 0 Å². The third-order valence-electron chi connectivity index (χ3n) is 7.13. The van der Waals surface area contributed by atoms with Crippen LogP contribution in [0.4, 0.5) is 0 Å². The monoisotopic (exact) mass is 511 g/mol. The molecule has 0 spiro atoms. The standard InChI is InChI=1S/C37H25N3/c1-3-10-26(11-4-1)27-18-20-29(21-19-27)36-24-35(28-12-5-2-6-13-28)39-37(40-36)32-17-9-16-31(22-32)34-23-30-14-7-8-15-33(30)25-38-34/h1-25H. The Labute approximate surface area is 233 Å². The second-order valence-corrected chi connectivity index (χ2v) is 9.77. The highest BCUT2D eigenvalue weighted by atomic mass is 14.9. The fraction of sp³-hybridized carbons (Fsp3) is 0. The molecule has 0 bridgehead atoms. The average Bonchev–Trinajstić information content (AvgIpc) is 3.05. The molecule has 7 rings (SSSR count). The number of hydrogen-bond donors (Lipinski definition) is 0. The third kappa shape index (κ3) is 4.77. The Kier molecular flexibility index (Phi) is 6.15. The molecule has 0 atom stereocenters. The maximum atomic E-state index is 5.06.